The molecule has 6 heteroatoms. The molecule has 1 aromatic carbocycles. The second kappa shape index (κ2) is 7.26. The molecule has 2 rings (SSSR count). The van der Waals surface area contributed by atoms with Crippen molar-refractivity contribution in [1.29, 1.82) is 0 Å². The van der Waals surface area contributed by atoms with Crippen molar-refractivity contribution in [2.45, 2.75) is 45.2 Å². The number of aliphatic carboxylic acids is 1. The van der Waals surface area contributed by atoms with Gasteiger partial charge in [-0.3, -0.25) is 14.4 Å². The molecule has 124 valence electrons. The summed E-state index contributed by atoms with van der Waals surface area (Å²) in [5.41, 5.74) is 0.885. The van der Waals surface area contributed by atoms with E-state index in [9.17, 15) is 14.4 Å². The Kier molecular flexibility index (Phi) is 5.36. The van der Waals surface area contributed by atoms with Crippen LogP contribution >= 0.6 is 0 Å². The lowest BCUT2D eigenvalue weighted by molar-refractivity contribution is -0.138. The number of amides is 2. The maximum Gasteiger partial charge on any atom is 0.323 e. The summed E-state index contributed by atoms with van der Waals surface area (Å²) in [6.07, 6.45) is 2.70. The van der Waals surface area contributed by atoms with Crippen LogP contribution in [0.15, 0.2) is 24.3 Å². The van der Waals surface area contributed by atoms with Gasteiger partial charge in [-0.15, -0.1) is 0 Å². The van der Waals surface area contributed by atoms with Crippen molar-refractivity contribution in [3.63, 3.8) is 0 Å². The van der Waals surface area contributed by atoms with Crippen molar-refractivity contribution >= 4 is 17.8 Å². The van der Waals surface area contributed by atoms with Crippen molar-refractivity contribution < 1.29 is 19.5 Å². The molecule has 0 aromatic heterocycles. The number of hydrogen-bond acceptors (Lipinski definition) is 3. The van der Waals surface area contributed by atoms with Crippen LogP contribution in [0.1, 0.15) is 53.8 Å². The minimum atomic E-state index is -1.04. The Labute approximate surface area is 135 Å². The molecule has 0 heterocycles. The Hall–Kier alpha value is -2.37. The van der Waals surface area contributed by atoms with E-state index in [4.69, 9.17) is 5.11 Å². The van der Waals surface area contributed by atoms with Crippen molar-refractivity contribution in [3.8, 4) is 0 Å². The number of nitrogens with zero attached hydrogens (tertiary/aromatic N) is 1. The van der Waals surface area contributed by atoms with Crippen LogP contribution in [0.3, 0.4) is 0 Å². The van der Waals surface area contributed by atoms with E-state index in [1.54, 1.807) is 24.3 Å². The zero-order chi connectivity index (χ0) is 17.0. The van der Waals surface area contributed by atoms with Crippen molar-refractivity contribution in [1.82, 2.24) is 10.2 Å². The predicted molar refractivity (Wildman–Crippen MR) is 85.4 cm³/mol. The normalized spacial score (nSPS) is 14.9. The highest BCUT2D eigenvalue weighted by atomic mass is 16.4. The third-order valence-electron chi connectivity index (χ3n) is 4.00. The zero-order valence-corrected chi connectivity index (χ0v) is 13.4. The molecule has 1 saturated carbocycles. The standard InChI is InChI=1S/C17H22N2O4/c1-3-11(2)19(10-15(20)21)17(23)13-6-4-12(5-7-13)16(22)18-14-8-9-14/h4-7,11,14H,3,8-10H2,1-2H3,(H,18,22)(H,20,21). The minimum absolute atomic E-state index is 0.143. The topological polar surface area (TPSA) is 86.7 Å². The maximum absolute atomic E-state index is 12.5. The minimum Gasteiger partial charge on any atom is -0.480 e. The summed E-state index contributed by atoms with van der Waals surface area (Å²) in [4.78, 5) is 36.7. The molecular formula is C17H22N2O4. The molecule has 1 aromatic rings. The van der Waals surface area contributed by atoms with Gasteiger partial charge in [0.25, 0.3) is 11.8 Å². The number of benzene rings is 1. The van der Waals surface area contributed by atoms with Crippen molar-refractivity contribution in [2.24, 2.45) is 0 Å². The van der Waals surface area contributed by atoms with Gasteiger partial charge in [-0.2, -0.15) is 0 Å². The lowest BCUT2D eigenvalue weighted by Crippen LogP contribution is -2.41. The molecule has 1 aliphatic carbocycles. The van der Waals surface area contributed by atoms with Crippen LogP contribution in [0.5, 0.6) is 0 Å². The van der Waals surface area contributed by atoms with Gasteiger partial charge >= 0.3 is 5.97 Å². The van der Waals surface area contributed by atoms with E-state index in [2.05, 4.69) is 5.32 Å². The molecular weight excluding hydrogens is 296 g/mol. The van der Waals surface area contributed by atoms with Gasteiger partial charge in [0.05, 0.1) is 0 Å². The highest BCUT2D eigenvalue weighted by Crippen LogP contribution is 2.19. The second-order valence-corrected chi connectivity index (χ2v) is 5.91. The van der Waals surface area contributed by atoms with Crippen LogP contribution in [-0.2, 0) is 4.79 Å². The van der Waals surface area contributed by atoms with Crippen LogP contribution in [-0.4, -0.2) is 46.4 Å². The Morgan fingerprint density at radius 2 is 1.78 bits per heavy atom. The van der Waals surface area contributed by atoms with E-state index >= 15 is 0 Å². The van der Waals surface area contributed by atoms with Gasteiger partial charge in [-0.25, -0.2) is 0 Å². The van der Waals surface area contributed by atoms with Crippen LogP contribution in [0, 0.1) is 0 Å². The first-order valence-corrected chi connectivity index (χ1v) is 7.86. The molecule has 6 nitrogen and oxygen atoms in total. The van der Waals surface area contributed by atoms with E-state index in [0.717, 1.165) is 12.8 Å². The Balaban J connectivity index is 2.10. The monoisotopic (exact) mass is 318 g/mol. The van der Waals surface area contributed by atoms with Gasteiger partial charge in [0.15, 0.2) is 0 Å². The van der Waals surface area contributed by atoms with Crippen molar-refractivity contribution in [2.75, 3.05) is 6.54 Å². The summed E-state index contributed by atoms with van der Waals surface area (Å²) in [6, 6.07) is 6.45. The van der Waals surface area contributed by atoms with Crippen LogP contribution in [0.25, 0.3) is 0 Å². The Morgan fingerprint density at radius 1 is 1.22 bits per heavy atom. The number of carboxylic acids is 1. The van der Waals surface area contributed by atoms with Crippen LogP contribution < -0.4 is 5.32 Å². The first kappa shape index (κ1) is 17.0. The lowest BCUT2D eigenvalue weighted by Gasteiger charge is -2.27. The summed E-state index contributed by atoms with van der Waals surface area (Å²) in [6.45, 7) is 3.38. The fourth-order valence-electron chi connectivity index (χ4n) is 2.22. The first-order chi connectivity index (χ1) is 10.9. The molecule has 1 fully saturated rings. The molecule has 0 radical (unpaired) electrons. The Morgan fingerprint density at radius 3 is 2.26 bits per heavy atom. The van der Waals surface area contributed by atoms with E-state index < -0.39 is 5.97 Å². The number of nitrogens with one attached hydrogen (secondary N) is 1. The molecule has 0 aliphatic heterocycles. The highest BCUT2D eigenvalue weighted by Gasteiger charge is 2.25. The summed E-state index contributed by atoms with van der Waals surface area (Å²) in [5.74, 6) is -1.52. The maximum atomic E-state index is 12.5. The van der Waals surface area contributed by atoms with Crippen LogP contribution in [0.4, 0.5) is 0 Å². The van der Waals surface area contributed by atoms with Gasteiger partial charge in [-0.05, 0) is 50.5 Å². The number of carbonyl (C=O) groups is 3. The summed E-state index contributed by atoms with van der Waals surface area (Å²) in [7, 11) is 0. The van der Waals surface area contributed by atoms with E-state index in [-0.39, 0.29) is 30.4 Å². The fourth-order valence-corrected chi connectivity index (χ4v) is 2.22. The van der Waals surface area contributed by atoms with Gasteiger partial charge in [-0.1, -0.05) is 6.92 Å². The molecule has 0 bridgehead atoms. The predicted octanol–water partition coefficient (Wildman–Crippen LogP) is 1.90. The van der Waals surface area contributed by atoms with E-state index in [0.29, 0.717) is 17.5 Å². The lowest BCUT2D eigenvalue weighted by atomic mass is 10.1. The molecule has 1 atom stereocenters. The second-order valence-electron chi connectivity index (χ2n) is 5.91. The molecule has 0 spiro atoms. The average molecular weight is 318 g/mol. The summed E-state index contributed by atoms with van der Waals surface area (Å²) >= 11 is 0. The molecule has 1 unspecified atom stereocenters. The van der Waals surface area contributed by atoms with Crippen LogP contribution in [0.2, 0.25) is 0 Å². The number of hydrogen-bond donors (Lipinski definition) is 2. The smallest absolute Gasteiger partial charge is 0.323 e. The Bertz CT molecular complexity index is 593. The average Bonchev–Trinajstić information content (AvgIpc) is 3.35. The van der Waals surface area contributed by atoms with Crippen molar-refractivity contribution in [3.05, 3.63) is 35.4 Å². The molecule has 0 saturated heterocycles. The molecule has 23 heavy (non-hydrogen) atoms. The summed E-state index contributed by atoms with van der Waals surface area (Å²) < 4.78 is 0. The zero-order valence-electron chi connectivity index (χ0n) is 13.4. The van der Waals surface area contributed by atoms with Gasteiger partial charge in [0, 0.05) is 23.2 Å². The largest absolute Gasteiger partial charge is 0.480 e. The third-order valence-corrected chi connectivity index (χ3v) is 4.00. The number of carboxylic acid groups (broad SMARTS) is 1. The van der Waals surface area contributed by atoms with Gasteiger partial charge in [0.1, 0.15) is 6.54 Å². The highest BCUT2D eigenvalue weighted by molar-refractivity contribution is 5.98. The molecule has 2 amide bonds. The first-order valence-electron chi connectivity index (χ1n) is 7.86. The quantitative estimate of drug-likeness (QED) is 0.804. The van der Waals surface area contributed by atoms with Gasteiger partial charge in [0.2, 0.25) is 0 Å². The summed E-state index contributed by atoms with van der Waals surface area (Å²) in [5, 5.41) is 11.9. The van der Waals surface area contributed by atoms with E-state index in [1.165, 1.54) is 4.90 Å². The van der Waals surface area contributed by atoms with E-state index in [1.807, 2.05) is 13.8 Å². The SMILES string of the molecule is CCC(C)N(CC(=O)O)C(=O)c1ccc(C(=O)NC2CC2)cc1. The third kappa shape index (κ3) is 4.55. The van der Waals surface area contributed by atoms with Gasteiger partial charge < -0.3 is 15.3 Å². The molecule has 2 N–H and O–H groups in total. The number of rotatable bonds is 7. The fraction of sp³-hybridized carbons (Fsp3) is 0.471. The number of carbonyl (C=O) groups excluding carboxylic acids is 2. The molecule has 1 aliphatic rings.